The van der Waals surface area contributed by atoms with E-state index in [2.05, 4.69) is 23.8 Å². The molecule has 0 radical (unpaired) electrons. The Kier molecular flexibility index (Phi) is 8.14. The summed E-state index contributed by atoms with van der Waals surface area (Å²) in [6.07, 6.45) is 5.32. The number of carbonyl (C=O) groups is 1. The summed E-state index contributed by atoms with van der Waals surface area (Å²) in [7, 11) is 3.68. The number of rotatable bonds is 8. The zero-order valence-electron chi connectivity index (χ0n) is 12.9. The van der Waals surface area contributed by atoms with Gasteiger partial charge in [0.05, 0.1) is 5.92 Å². The van der Waals surface area contributed by atoms with Crippen molar-refractivity contribution in [3.8, 4) is 0 Å². The van der Waals surface area contributed by atoms with Crippen LogP contribution in [0.2, 0.25) is 0 Å². The Balaban J connectivity index is 2.21. The van der Waals surface area contributed by atoms with Crippen molar-refractivity contribution in [1.82, 2.24) is 9.80 Å². The van der Waals surface area contributed by atoms with Crippen LogP contribution in [0.4, 0.5) is 0 Å². The zero-order valence-corrected chi connectivity index (χ0v) is 12.9. The van der Waals surface area contributed by atoms with E-state index in [4.69, 9.17) is 4.65 Å². The number of carbonyl (C=O) groups excluding carboxylic acids is 1. The fourth-order valence-corrected chi connectivity index (χ4v) is 2.63. The summed E-state index contributed by atoms with van der Waals surface area (Å²) >= 11 is 0. The highest BCUT2D eigenvalue weighted by Gasteiger charge is 2.19. The Hall–Kier alpha value is -0.545. The fourth-order valence-electron chi connectivity index (χ4n) is 2.63. The minimum absolute atomic E-state index is 0.0215. The molecule has 1 aliphatic heterocycles. The van der Waals surface area contributed by atoms with E-state index in [1.54, 1.807) is 0 Å². The average Bonchev–Trinajstić information content (AvgIpc) is 2.43. The van der Waals surface area contributed by atoms with E-state index in [0.29, 0.717) is 0 Å². The molecule has 0 aliphatic carbocycles. The van der Waals surface area contributed by atoms with Crippen molar-refractivity contribution < 1.29 is 9.45 Å². The Labute approximate surface area is 118 Å². The molecule has 110 valence electrons. The first-order valence-corrected chi connectivity index (χ1v) is 7.66. The minimum Gasteiger partial charge on any atom is -0.543 e. The predicted octanol–water partition coefficient (Wildman–Crippen LogP) is 0.912. The molecule has 1 aliphatic rings. The summed E-state index contributed by atoms with van der Waals surface area (Å²) in [5.74, 6) is 0.0873. The second-order valence-electron chi connectivity index (χ2n) is 5.65. The van der Waals surface area contributed by atoms with E-state index >= 15 is 0 Å². The summed E-state index contributed by atoms with van der Waals surface area (Å²) in [5, 5.41) is 0. The highest BCUT2D eigenvalue weighted by molar-refractivity contribution is 6.05. The molecule has 5 heteroatoms. The molecule has 0 aromatic rings. The van der Waals surface area contributed by atoms with Crippen LogP contribution in [0.1, 0.15) is 39.0 Å². The molecular weight excluding hydrogens is 239 g/mol. The molecule has 0 aromatic heterocycles. The van der Waals surface area contributed by atoms with Crippen LogP contribution in [-0.2, 0) is 9.45 Å². The summed E-state index contributed by atoms with van der Waals surface area (Å²) < 4.78 is 4.91. The second kappa shape index (κ2) is 9.37. The van der Waals surface area contributed by atoms with E-state index in [9.17, 15) is 4.79 Å². The van der Waals surface area contributed by atoms with Gasteiger partial charge in [-0.15, -0.1) is 0 Å². The van der Waals surface area contributed by atoms with Crippen LogP contribution in [0.3, 0.4) is 0 Å². The van der Waals surface area contributed by atoms with Crippen molar-refractivity contribution in [2.45, 2.75) is 39.0 Å². The Morgan fingerprint density at radius 2 is 1.84 bits per heavy atom. The topological polar surface area (TPSA) is 32.8 Å². The maximum absolute atomic E-state index is 11.7. The van der Waals surface area contributed by atoms with Crippen molar-refractivity contribution in [1.29, 1.82) is 0 Å². The van der Waals surface area contributed by atoms with E-state index in [1.165, 1.54) is 8.05 Å². The zero-order chi connectivity index (χ0) is 14.1. The molecule has 4 nitrogen and oxygen atoms in total. The minimum atomic E-state index is -0.0215. The quantitative estimate of drug-likeness (QED) is 0.613. The molecule has 0 N–H and O–H groups in total. The monoisotopic (exact) mass is 268 g/mol. The van der Waals surface area contributed by atoms with Crippen molar-refractivity contribution in [2.75, 3.05) is 39.8 Å². The molecule has 1 atom stereocenters. The van der Waals surface area contributed by atoms with Gasteiger partial charge < -0.3 is 14.5 Å². The van der Waals surface area contributed by atoms with Gasteiger partial charge in [-0.05, 0) is 32.9 Å². The van der Waals surface area contributed by atoms with E-state index < -0.39 is 0 Å². The average molecular weight is 268 g/mol. The molecule has 19 heavy (non-hydrogen) atoms. The van der Waals surface area contributed by atoms with Gasteiger partial charge in [0.2, 0.25) is 0 Å². The highest BCUT2D eigenvalue weighted by Crippen LogP contribution is 2.17. The standard InChI is InChI=1S/C14H29BN2O2/c1-3-4-6-13(14(18)19-15)7-5-8-17-11-9-16(2)10-12-17/h13H,3-12,15H2,1-2H3. The molecule has 0 bridgehead atoms. The van der Waals surface area contributed by atoms with Crippen LogP contribution in [0.25, 0.3) is 0 Å². The molecule has 1 rings (SSSR count). The number of unbranched alkanes of at least 4 members (excludes halogenated alkanes) is 1. The fraction of sp³-hybridized carbons (Fsp3) is 0.929. The molecular formula is C14H29BN2O2. The highest BCUT2D eigenvalue weighted by atomic mass is 16.5. The van der Waals surface area contributed by atoms with E-state index in [-0.39, 0.29) is 11.9 Å². The van der Waals surface area contributed by atoms with Gasteiger partial charge in [0, 0.05) is 26.2 Å². The van der Waals surface area contributed by atoms with Crippen LogP contribution in [-0.4, -0.2) is 63.6 Å². The Morgan fingerprint density at radius 1 is 1.21 bits per heavy atom. The third-order valence-corrected chi connectivity index (χ3v) is 4.06. The molecule has 0 spiro atoms. The molecule has 0 saturated carbocycles. The SMILES string of the molecule is BOC(=O)C(CCCC)CCCN1CCN(C)CC1. The smallest absolute Gasteiger partial charge is 0.325 e. The lowest BCUT2D eigenvalue weighted by atomic mass is 9.96. The van der Waals surface area contributed by atoms with Gasteiger partial charge in [0.15, 0.2) is 0 Å². The molecule has 0 amide bonds. The third-order valence-electron chi connectivity index (χ3n) is 4.06. The lowest BCUT2D eigenvalue weighted by molar-refractivity contribution is -0.139. The van der Waals surface area contributed by atoms with Gasteiger partial charge in [-0.3, -0.25) is 4.79 Å². The molecule has 1 fully saturated rings. The first-order chi connectivity index (χ1) is 9.17. The summed E-state index contributed by atoms with van der Waals surface area (Å²) in [6.45, 7) is 7.93. The van der Waals surface area contributed by atoms with Crippen molar-refractivity contribution in [3.05, 3.63) is 0 Å². The summed E-state index contributed by atoms with van der Waals surface area (Å²) in [4.78, 5) is 16.6. The molecule has 1 unspecified atom stereocenters. The number of piperazine rings is 1. The Morgan fingerprint density at radius 3 is 2.42 bits per heavy atom. The predicted molar refractivity (Wildman–Crippen MR) is 80.8 cm³/mol. The van der Waals surface area contributed by atoms with Crippen LogP contribution in [0.15, 0.2) is 0 Å². The van der Waals surface area contributed by atoms with Crippen LogP contribution in [0.5, 0.6) is 0 Å². The van der Waals surface area contributed by atoms with Gasteiger partial charge in [0.1, 0.15) is 0 Å². The lowest BCUT2D eigenvalue weighted by Gasteiger charge is -2.32. The van der Waals surface area contributed by atoms with Gasteiger partial charge >= 0.3 is 8.05 Å². The second-order valence-corrected chi connectivity index (χ2v) is 5.65. The number of hydrogen-bond acceptors (Lipinski definition) is 4. The lowest BCUT2D eigenvalue weighted by Crippen LogP contribution is -2.44. The van der Waals surface area contributed by atoms with Crippen LogP contribution < -0.4 is 0 Å². The van der Waals surface area contributed by atoms with Gasteiger partial charge in [-0.1, -0.05) is 19.8 Å². The maximum atomic E-state index is 11.7. The van der Waals surface area contributed by atoms with Gasteiger partial charge in [-0.25, -0.2) is 0 Å². The van der Waals surface area contributed by atoms with Crippen molar-refractivity contribution in [2.24, 2.45) is 5.92 Å². The molecule has 1 heterocycles. The number of hydrogen-bond donors (Lipinski definition) is 0. The van der Waals surface area contributed by atoms with Crippen LogP contribution >= 0.6 is 0 Å². The van der Waals surface area contributed by atoms with Crippen molar-refractivity contribution in [3.63, 3.8) is 0 Å². The van der Waals surface area contributed by atoms with E-state index in [1.807, 2.05) is 0 Å². The number of likely N-dealkylation sites (N-methyl/N-ethyl adjacent to an activating group) is 1. The van der Waals surface area contributed by atoms with Crippen molar-refractivity contribution >= 4 is 14.0 Å². The third kappa shape index (κ3) is 6.43. The first-order valence-electron chi connectivity index (χ1n) is 7.66. The summed E-state index contributed by atoms with van der Waals surface area (Å²) in [6, 6.07) is 0. The Bertz CT molecular complexity index is 256. The molecule has 1 saturated heterocycles. The van der Waals surface area contributed by atoms with Gasteiger partial charge in [-0.2, -0.15) is 0 Å². The number of nitrogens with zero attached hydrogens (tertiary/aromatic N) is 2. The van der Waals surface area contributed by atoms with E-state index in [0.717, 1.165) is 64.8 Å². The maximum Gasteiger partial charge on any atom is 0.325 e. The van der Waals surface area contributed by atoms with Gasteiger partial charge in [0.25, 0.3) is 5.97 Å². The largest absolute Gasteiger partial charge is 0.543 e. The van der Waals surface area contributed by atoms with Crippen LogP contribution in [0, 0.1) is 5.92 Å². The summed E-state index contributed by atoms with van der Waals surface area (Å²) in [5.41, 5.74) is 0. The molecule has 0 aromatic carbocycles. The first kappa shape index (κ1) is 16.5. The normalized spacial score (nSPS) is 19.3.